The van der Waals surface area contributed by atoms with Crippen LogP contribution in [0.2, 0.25) is 0 Å². The first-order valence-corrected chi connectivity index (χ1v) is 4.87. The molecule has 4 rings (SSSR count). The van der Waals surface area contributed by atoms with Crippen molar-refractivity contribution in [2.24, 2.45) is 0 Å². The predicted molar refractivity (Wildman–Crippen MR) is 50.3 cm³/mol. The Labute approximate surface area is 89.5 Å². The minimum Gasteiger partial charge on any atom is -1.00 e. The van der Waals surface area contributed by atoms with Crippen molar-refractivity contribution in [3.8, 4) is 0 Å². The Balaban J connectivity index is 0.000000640. The summed E-state index contributed by atoms with van der Waals surface area (Å²) < 4.78 is 1.10. The fourth-order valence-corrected chi connectivity index (χ4v) is 3.02. The van der Waals surface area contributed by atoms with Gasteiger partial charge in [-0.2, -0.15) is 4.59 Å². The number of halogens is 1. The largest absolute Gasteiger partial charge is 1.00 e. The van der Waals surface area contributed by atoms with Crippen LogP contribution in [-0.4, -0.2) is 35.9 Å². The van der Waals surface area contributed by atoms with E-state index < -0.39 is 0 Å². The van der Waals surface area contributed by atoms with Crippen LogP contribution in [0.1, 0.15) is 0 Å². The molecule has 0 saturated carbocycles. The van der Waals surface area contributed by atoms with Crippen molar-refractivity contribution in [3.63, 3.8) is 0 Å². The lowest BCUT2D eigenvalue weighted by atomic mass is 10.0. The van der Waals surface area contributed by atoms with E-state index in [1.165, 1.54) is 25.4 Å². The highest BCUT2D eigenvalue weighted by Crippen LogP contribution is 2.50. The standard InChI is InChI=1S/C10H12N3.ClH/c1-2-4-10(5-3-1)13-7-9-6-11(8-13)12(9)13;/h1-5,9H,6-8H2;1H/q+1;/p-1. The minimum absolute atomic E-state index is 0. The third-order valence-electron chi connectivity index (χ3n) is 3.58. The molecule has 0 spiro atoms. The molecule has 0 bridgehead atoms. The van der Waals surface area contributed by atoms with Crippen LogP contribution in [0.4, 0.5) is 5.69 Å². The number of hydrogen-bond donors (Lipinski definition) is 0. The minimum atomic E-state index is 0. The van der Waals surface area contributed by atoms with Gasteiger partial charge in [0, 0.05) is 12.1 Å². The van der Waals surface area contributed by atoms with Crippen molar-refractivity contribution in [2.75, 3.05) is 19.8 Å². The van der Waals surface area contributed by atoms with Gasteiger partial charge in [0.15, 0.2) is 12.4 Å². The van der Waals surface area contributed by atoms with Crippen LogP contribution < -0.4 is 17.0 Å². The lowest BCUT2D eigenvalue weighted by Gasteiger charge is -2.75. The molecule has 3 aliphatic rings. The van der Waals surface area contributed by atoms with Gasteiger partial charge in [-0.1, -0.05) is 23.3 Å². The number of benzene rings is 1. The van der Waals surface area contributed by atoms with Crippen molar-refractivity contribution in [3.05, 3.63) is 30.3 Å². The van der Waals surface area contributed by atoms with Gasteiger partial charge in [-0.3, -0.25) is 0 Å². The zero-order valence-corrected chi connectivity index (χ0v) is 8.56. The molecule has 0 aliphatic carbocycles. The van der Waals surface area contributed by atoms with Gasteiger partial charge >= 0.3 is 0 Å². The van der Waals surface area contributed by atoms with E-state index in [2.05, 4.69) is 40.5 Å². The van der Waals surface area contributed by atoms with E-state index in [0.29, 0.717) is 0 Å². The maximum absolute atomic E-state index is 2.50. The van der Waals surface area contributed by atoms with Crippen molar-refractivity contribution in [1.82, 2.24) is 14.7 Å². The molecule has 2 unspecified atom stereocenters. The molecular formula is C10H12ClN3. The van der Waals surface area contributed by atoms with E-state index in [9.17, 15) is 0 Å². The summed E-state index contributed by atoms with van der Waals surface area (Å²) in [6.45, 7) is 3.81. The Hall–Kier alpha value is -0.610. The number of para-hydroxylation sites is 1. The van der Waals surface area contributed by atoms with Crippen LogP contribution in [0.3, 0.4) is 0 Å². The molecule has 0 aromatic heterocycles. The van der Waals surface area contributed by atoms with E-state index in [1.807, 2.05) is 0 Å². The number of hydrogen-bond acceptors (Lipinski definition) is 2. The molecule has 4 heteroatoms. The molecule has 0 N–H and O–H groups in total. The van der Waals surface area contributed by atoms with Gasteiger partial charge in [-0.25, -0.2) is 0 Å². The normalized spacial score (nSPS) is 38.4. The second-order valence-electron chi connectivity index (χ2n) is 4.25. The first-order chi connectivity index (χ1) is 6.40. The highest BCUT2D eigenvalue weighted by atomic mass is 35.5. The SMILES string of the molecule is [Cl-].c1ccc([N+]23CC4CN(C2)N43)cc1. The van der Waals surface area contributed by atoms with Crippen molar-refractivity contribution >= 4 is 5.69 Å². The van der Waals surface area contributed by atoms with Crippen LogP contribution in [0.25, 0.3) is 0 Å². The Kier molecular flexibility index (Phi) is 1.55. The highest BCUT2D eigenvalue weighted by molar-refractivity contribution is 5.46. The number of nitrogens with zero attached hydrogens (tertiary/aromatic N) is 3. The van der Waals surface area contributed by atoms with Crippen molar-refractivity contribution < 1.29 is 12.4 Å². The molecule has 1 aromatic carbocycles. The van der Waals surface area contributed by atoms with Crippen LogP contribution in [0.15, 0.2) is 30.3 Å². The molecule has 2 atom stereocenters. The van der Waals surface area contributed by atoms with Crippen LogP contribution in [0.5, 0.6) is 0 Å². The molecule has 3 heterocycles. The van der Waals surface area contributed by atoms with Crippen molar-refractivity contribution in [2.45, 2.75) is 6.04 Å². The lowest BCUT2D eigenvalue weighted by molar-refractivity contribution is -0.458. The van der Waals surface area contributed by atoms with Gasteiger partial charge in [0.2, 0.25) is 0 Å². The molecule has 1 aromatic rings. The van der Waals surface area contributed by atoms with Gasteiger partial charge in [-0.05, 0) is 0 Å². The third kappa shape index (κ3) is 0.718. The molecule has 0 amide bonds. The summed E-state index contributed by atoms with van der Waals surface area (Å²) in [5, 5.41) is 4.93. The first-order valence-electron chi connectivity index (χ1n) is 4.87. The molecular weight excluding hydrogens is 198 g/mol. The molecule has 14 heavy (non-hydrogen) atoms. The summed E-state index contributed by atoms with van der Waals surface area (Å²) in [5.74, 6) is 0. The third-order valence-corrected chi connectivity index (χ3v) is 3.58. The summed E-state index contributed by atoms with van der Waals surface area (Å²) in [5.41, 5.74) is 1.45. The molecule has 3 saturated heterocycles. The molecule has 3 aliphatic heterocycles. The number of hydrazine groups is 1. The Morgan fingerprint density at radius 3 is 2.50 bits per heavy atom. The summed E-state index contributed by atoms with van der Waals surface area (Å²) in [4.78, 5) is 0. The van der Waals surface area contributed by atoms with Crippen LogP contribution in [0, 0.1) is 0 Å². The first kappa shape index (κ1) is 8.68. The fraction of sp³-hybridized carbons (Fsp3) is 0.400. The summed E-state index contributed by atoms with van der Waals surface area (Å²) in [6, 6.07) is 11.7. The van der Waals surface area contributed by atoms with Crippen LogP contribution in [-0.2, 0) is 0 Å². The zero-order chi connectivity index (χ0) is 8.47. The Bertz CT molecular complexity index is 355. The quantitative estimate of drug-likeness (QED) is 0.485. The Morgan fingerprint density at radius 2 is 2.00 bits per heavy atom. The summed E-state index contributed by atoms with van der Waals surface area (Å²) in [6.07, 6.45) is 0. The average molecular weight is 210 g/mol. The Morgan fingerprint density at radius 1 is 1.21 bits per heavy atom. The number of rotatable bonds is 1. The van der Waals surface area contributed by atoms with Gasteiger partial charge in [0.25, 0.3) is 0 Å². The van der Waals surface area contributed by atoms with E-state index in [0.717, 1.165) is 10.6 Å². The maximum Gasteiger partial charge on any atom is 0.176 e. The van der Waals surface area contributed by atoms with Crippen molar-refractivity contribution in [1.29, 1.82) is 0 Å². The van der Waals surface area contributed by atoms with Crippen LogP contribution >= 0.6 is 0 Å². The summed E-state index contributed by atoms with van der Waals surface area (Å²) in [7, 11) is 0. The zero-order valence-electron chi connectivity index (χ0n) is 7.81. The number of quaternary nitrogens is 1. The fourth-order valence-electron chi connectivity index (χ4n) is 3.02. The van der Waals surface area contributed by atoms with Gasteiger partial charge in [0.1, 0.15) is 12.6 Å². The van der Waals surface area contributed by atoms with E-state index in [4.69, 9.17) is 0 Å². The van der Waals surface area contributed by atoms with Gasteiger partial charge < -0.3 is 12.4 Å². The molecule has 0 radical (unpaired) electrons. The molecule has 3 nitrogen and oxygen atoms in total. The average Bonchev–Trinajstić information content (AvgIpc) is 2.18. The lowest BCUT2D eigenvalue weighted by Crippen LogP contribution is -3.01. The molecule has 3 fully saturated rings. The maximum atomic E-state index is 2.50. The second-order valence-corrected chi connectivity index (χ2v) is 4.25. The summed E-state index contributed by atoms with van der Waals surface area (Å²) >= 11 is 0. The second kappa shape index (κ2) is 2.49. The molecule has 74 valence electrons. The predicted octanol–water partition coefficient (Wildman–Crippen LogP) is -2.20. The highest BCUT2D eigenvalue weighted by Gasteiger charge is 2.73. The smallest absolute Gasteiger partial charge is 0.176 e. The van der Waals surface area contributed by atoms with E-state index >= 15 is 0 Å². The van der Waals surface area contributed by atoms with Gasteiger partial charge in [-0.15, -0.1) is 5.01 Å². The topological polar surface area (TPSA) is 6.48 Å². The van der Waals surface area contributed by atoms with E-state index in [1.54, 1.807) is 0 Å². The van der Waals surface area contributed by atoms with E-state index in [-0.39, 0.29) is 12.4 Å². The monoisotopic (exact) mass is 209 g/mol. The van der Waals surface area contributed by atoms with Gasteiger partial charge in [0.05, 0.1) is 6.54 Å².